The van der Waals surface area contributed by atoms with Crippen molar-refractivity contribution in [3.63, 3.8) is 0 Å². The molecule has 6 nitrogen and oxygen atoms in total. The lowest BCUT2D eigenvalue weighted by Crippen LogP contribution is -2.35. The lowest BCUT2D eigenvalue weighted by molar-refractivity contribution is -0.143. The van der Waals surface area contributed by atoms with Gasteiger partial charge in [0.15, 0.2) is 5.11 Å². The van der Waals surface area contributed by atoms with Gasteiger partial charge in [-0.25, -0.2) is 0 Å². The van der Waals surface area contributed by atoms with E-state index in [1.807, 2.05) is 30.0 Å². The number of carbonyl (C=O) groups excluding carboxylic acids is 1. The van der Waals surface area contributed by atoms with Gasteiger partial charge in [0, 0.05) is 23.3 Å². The number of thiocarbonyl (C=S) groups is 1. The quantitative estimate of drug-likeness (QED) is 0.425. The number of aromatic nitrogens is 2. The highest BCUT2D eigenvalue weighted by atomic mass is 32.1. The number of esters is 1. The molecule has 3 aromatic rings. The number of hydrogen-bond acceptors (Lipinski definition) is 4. The van der Waals surface area contributed by atoms with Crippen molar-refractivity contribution in [2.24, 2.45) is 0 Å². The molecule has 2 aromatic heterocycles. The van der Waals surface area contributed by atoms with Crippen LogP contribution >= 0.6 is 12.2 Å². The summed E-state index contributed by atoms with van der Waals surface area (Å²) in [7, 11) is 0. The van der Waals surface area contributed by atoms with Crippen LogP contribution in [-0.4, -0.2) is 38.7 Å². The van der Waals surface area contributed by atoms with Crippen molar-refractivity contribution in [3.05, 3.63) is 82.4 Å². The van der Waals surface area contributed by atoms with Crippen LogP contribution in [0.15, 0.2) is 48.7 Å². The highest BCUT2D eigenvalue weighted by Crippen LogP contribution is 2.41. The molecule has 1 aromatic carbocycles. The Hall–Kier alpha value is -3.19. The van der Waals surface area contributed by atoms with E-state index < -0.39 is 0 Å². The van der Waals surface area contributed by atoms with Crippen molar-refractivity contribution < 1.29 is 9.53 Å². The third-order valence-corrected chi connectivity index (χ3v) is 6.76. The van der Waals surface area contributed by atoms with Crippen LogP contribution in [0.3, 0.4) is 0 Å². The first kappa shape index (κ1) is 23.0. The molecular weight excluding hydrogens is 432 g/mol. The van der Waals surface area contributed by atoms with Crippen LogP contribution in [0.25, 0.3) is 5.69 Å². The Bertz CT molecular complexity index is 1190. The van der Waals surface area contributed by atoms with Crippen LogP contribution in [0.5, 0.6) is 0 Å². The Labute approximate surface area is 200 Å². The van der Waals surface area contributed by atoms with Gasteiger partial charge in [-0.3, -0.25) is 9.78 Å². The summed E-state index contributed by atoms with van der Waals surface area (Å²) in [5.74, 6) is -0.295. The lowest BCUT2D eigenvalue weighted by atomic mass is 9.96. The average Bonchev–Trinajstić information content (AvgIpc) is 3.26. The van der Waals surface area contributed by atoms with E-state index in [0.717, 1.165) is 28.3 Å². The summed E-state index contributed by atoms with van der Waals surface area (Å²) in [6.07, 6.45) is 1.78. The summed E-state index contributed by atoms with van der Waals surface area (Å²) in [6.45, 7) is 10.8. The van der Waals surface area contributed by atoms with Gasteiger partial charge in [0.25, 0.3) is 0 Å². The summed E-state index contributed by atoms with van der Waals surface area (Å²) in [6, 6.07) is 14.1. The predicted molar refractivity (Wildman–Crippen MR) is 134 cm³/mol. The fourth-order valence-corrected chi connectivity index (χ4v) is 5.00. The lowest BCUT2D eigenvalue weighted by Gasteiger charge is -2.27. The maximum atomic E-state index is 12.5. The van der Waals surface area contributed by atoms with Gasteiger partial charge in [-0.1, -0.05) is 18.2 Å². The van der Waals surface area contributed by atoms with E-state index >= 15 is 0 Å². The summed E-state index contributed by atoms with van der Waals surface area (Å²) in [4.78, 5) is 19.0. The maximum absolute atomic E-state index is 12.5. The van der Waals surface area contributed by atoms with Gasteiger partial charge in [-0.2, -0.15) is 0 Å². The molecule has 1 saturated heterocycles. The van der Waals surface area contributed by atoms with E-state index in [-0.39, 0.29) is 24.6 Å². The van der Waals surface area contributed by atoms with Gasteiger partial charge in [0.2, 0.25) is 0 Å². The van der Waals surface area contributed by atoms with Crippen molar-refractivity contribution in [1.82, 2.24) is 19.8 Å². The summed E-state index contributed by atoms with van der Waals surface area (Å²) in [5, 5.41) is 3.94. The Morgan fingerprint density at radius 1 is 1.15 bits per heavy atom. The average molecular weight is 463 g/mol. The molecule has 172 valence electrons. The van der Waals surface area contributed by atoms with E-state index in [4.69, 9.17) is 17.0 Å². The zero-order valence-corrected chi connectivity index (χ0v) is 20.6. The van der Waals surface area contributed by atoms with Crippen molar-refractivity contribution in [2.45, 2.75) is 46.7 Å². The molecule has 7 heteroatoms. The van der Waals surface area contributed by atoms with Gasteiger partial charge in [-0.05, 0) is 87.8 Å². The van der Waals surface area contributed by atoms with Crippen molar-refractivity contribution >= 4 is 23.3 Å². The summed E-state index contributed by atoms with van der Waals surface area (Å²) in [5.41, 5.74) is 7.90. The van der Waals surface area contributed by atoms with Crippen LogP contribution in [0.4, 0.5) is 0 Å². The first-order valence-corrected chi connectivity index (χ1v) is 11.6. The van der Waals surface area contributed by atoms with Crippen molar-refractivity contribution in [1.29, 1.82) is 0 Å². The molecule has 0 bridgehead atoms. The number of ether oxygens (including phenoxy) is 1. The van der Waals surface area contributed by atoms with Gasteiger partial charge in [0.1, 0.15) is 6.54 Å². The number of pyridine rings is 1. The SMILES string of the molecule is CCOC(=O)CN1C(=S)NC(c2ccccn2)C1c1cc(C)n(-c2cccc(C)c2C)c1C. The summed E-state index contributed by atoms with van der Waals surface area (Å²) < 4.78 is 7.53. The number of benzene rings is 1. The first-order chi connectivity index (χ1) is 15.8. The molecule has 1 aliphatic heterocycles. The van der Waals surface area contributed by atoms with Crippen molar-refractivity contribution in [3.8, 4) is 5.69 Å². The van der Waals surface area contributed by atoms with Crippen LogP contribution in [-0.2, 0) is 9.53 Å². The van der Waals surface area contributed by atoms with Gasteiger partial charge in [0.05, 0.1) is 24.4 Å². The van der Waals surface area contributed by atoms with Crippen LogP contribution in [0, 0.1) is 27.7 Å². The molecule has 3 heterocycles. The smallest absolute Gasteiger partial charge is 0.325 e. The molecule has 1 aliphatic rings. The van der Waals surface area contributed by atoms with Gasteiger partial charge < -0.3 is 19.5 Å². The molecule has 0 saturated carbocycles. The van der Waals surface area contributed by atoms with E-state index in [9.17, 15) is 4.79 Å². The fraction of sp³-hybridized carbons (Fsp3) is 0.346. The molecule has 0 radical (unpaired) electrons. The molecule has 1 N–H and O–H groups in total. The van der Waals surface area contributed by atoms with E-state index in [1.165, 1.54) is 11.1 Å². The molecular formula is C26H30N4O2S. The third-order valence-electron chi connectivity index (χ3n) is 6.41. The molecule has 0 aliphatic carbocycles. The molecule has 0 spiro atoms. The minimum absolute atomic E-state index is 0.0841. The zero-order valence-electron chi connectivity index (χ0n) is 19.8. The maximum Gasteiger partial charge on any atom is 0.325 e. The monoisotopic (exact) mass is 462 g/mol. The Balaban J connectivity index is 1.84. The number of rotatable bonds is 6. The van der Waals surface area contributed by atoms with Gasteiger partial charge >= 0.3 is 5.97 Å². The molecule has 1 fully saturated rings. The van der Waals surface area contributed by atoms with Crippen LogP contribution in [0.2, 0.25) is 0 Å². The summed E-state index contributed by atoms with van der Waals surface area (Å²) >= 11 is 5.68. The van der Waals surface area contributed by atoms with Gasteiger partial charge in [-0.15, -0.1) is 0 Å². The molecule has 2 atom stereocenters. The molecule has 2 unspecified atom stereocenters. The Morgan fingerprint density at radius 3 is 2.64 bits per heavy atom. The number of carbonyl (C=O) groups is 1. The predicted octanol–water partition coefficient (Wildman–Crippen LogP) is 4.64. The zero-order chi connectivity index (χ0) is 23.7. The highest BCUT2D eigenvalue weighted by Gasteiger charge is 2.42. The van der Waals surface area contributed by atoms with E-state index in [2.05, 4.69) is 66.8 Å². The van der Waals surface area contributed by atoms with Crippen LogP contribution < -0.4 is 5.32 Å². The second-order valence-corrected chi connectivity index (χ2v) is 8.83. The Kier molecular flexibility index (Phi) is 6.51. The molecule has 4 rings (SSSR count). The standard InChI is InChI=1S/C26H30N4O2S/c1-6-32-23(31)15-29-25(24(28-26(29)33)21-11-7-8-13-27-21)20-14-17(3)30(19(20)5)22-12-9-10-16(2)18(22)4/h7-14,24-25H,6,15H2,1-5H3,(H,28,33). The number of aryl methyl sites for hydroxylation is 2. The number of hydrogen-bond donors (Lipinski definition) is 1. The topological polar surface area (TPSA) is 59.4 Å². The minimum atomic E-state index is -0.295. The molecule has 33 heavy (non-hydrogen) atoms. The first-order valence-electron chi connectivity index (χ1n) is 11.2. The number of nitrogens with zero attached hydrogens (tertiary/aromatic N) is 3. The van der Waals surface area contributed by atoms with E-state index in [0.29, 0.717) is 11.7 Å². The van der Waals surface area contributed by atoms with Crippen molar-refractivity contribution in [2.75, 3.05) is 13.2 Å². The third kappa shape index (κ3) is 4.25. The van der Waals surface area contributed by atoms with Crippen LogP contribution in [0.1, 0.15) is 52.8 Å². The number of nitrogens with one attached hydrogen (secondary N) is 1. The highest BCUT2D eigenvalue weighted by molar-refractivity contribution is 7.80. The second-order valence-electron chi connectivity index (χ2n) is 8.44. The van der Waals surface area contributed by atoms with E-state index in [1.54, 1.807) is 6.20 Å². The largest absolute Gasteiger partial charge is 0.465 e. The Morgan fingerprint density at radius 2 is 1.94 bits per heavy atom. The second kappa shape index (κ2) is 9.35. The normalized spacial score (nSPS) is 17.8. The fourth-order valence-electron chi connectivity index (χ4n) is 4.70. The minimum Gasteiger partial charge on any atom is -0.465 e. The molecule has 0 amide bonds.